The molecule has 0 radical (unpaired) electrons. The van der Waals surface area contributed by atoms with Gasteiger partial charge in [0.1, 0.15) is 0 Å². The molecule has 2 rings (SSSR count). The second-order valence-electron chi connectivity index (χ2n) is 4.22. The molecule has 0 spiro atoms. The number of amides is 1. The van der Waals surface area contributed by atoms with Crippen LogP contribution in [0.4, 0.5) is 11.4 Å². The van der Waals surface area contributed by atoms with Gasteiger partial charge >= 0.3 is 0 Å². The van der Waals surface area contributed by atoms with Crippen LogP contribution in [0.3, 0.4) is 0 Å². The summed E-state index contributed by atoms with van der Waals surface area (Å²) in [6.07, 6.45) is 0. The maximum absolute atomic E-state index is 12.1. The minimum atomic E-state index is -0.214. The Kier molecular flexibility index (Phi) is 4.12. The summed E-state index contributed by atoms with van der Waals surface area (Å²) in [6.45, 7) is 1.89. The molecule has 0 unspecified atom stereocenters. The number of benzene rings is 2. The van der Waals surface area contributed by atoms with Crippen molar-refractivity contribution in [2.24, 2.45) is 0 Å². The summed E-state index contributed by atoms with van der Waals surface area (Å²) in [5.41, 5.74) is 8.40. The van der Waals surface area contributed by atoms with Crippen LogP contribution in [0.1, 0.15) is 15.9 Å². The molecule has 3 N–H and O–H groups in total. The van der Waals surface area contributed by atoms with Crippen LogP contribution in [0.15, 0.2) is 40.9 Å². The third-order valence-electron chi connectivity index (χ3n) is 2.54. The van der Waals surface area contributed by atoms with E-state index in [0.29, 0.717) is 22.0 Å². The highest BCUT2D eigenvalue weighted by Gasteiger charge is 2.08. The third-order valence-corrected chi connectivity index (χ3v) is 3.77. The van der Waals surface area contributed by atoms with E-state index < -0.39 is 0 Å². The van der Waals surface area contributed by atoms with Gasteiger partial charge < -0.3 is 11.1 Å². The zero-order valence-corrected chi connectivity index (χ0v) is 12.5. The lowest BCUT2D eigenvalue weighted by Crippen LogP contribution is -2.12. The standard InChI is InChI=1S/C14H12BrClN2O/c1-8-4-9(6-10(17)5-8)14(19)18-11-2-3-12(15)13(16)7-11/h2-7H,17H2,1H3,(H,18,19). The fraction of sp³-hybridized carbons (Fsp3) is 0.0714. The molecule has 3 nitrogen and oxygen atoms in total. The number of nitrogens with two attached hydrogens (primary N) is 1. The molecule has 0 aliphatic rings. The minimum Gasteiger partial charge on any atom is -0.399 e. The average molecular weight is 340 g/mol. The van der Waals surface area contributed by atoms with Crippen molar-refractivity contribution in [1.82, 2.24) is 0 Å². The van der Waals surface area contributed by atoms with E-state index in [1.807, 2.05) is 13.0 Å². The normalized spacial score (nSPS) is 10.3. The Balaban J connectivity index is 2.22. The van der Waals surface area contributed by atoms with Crippen LogP contribution in [-0.2, 0) is 0 Å². The number of nitrogen functional groups attached to an aromatic ring is 1. The summed E-state index contributed by atoms with van der Waals surface area (Å²) in [5, 5.41) is 3.32. The van der Waals surface area contributed by atoms with Crippen LogP contribution in [0.5, 0.6) is 0 Å². The molecule has 0 saturated carbocycles. The first kappa shape index (κ1) is 13.9. The number of rotatable bonds is 2. The lowest BCUT2D eigenvalue weighted by atomic mass is 10.1. The van der Waals surface area contributed by atoms with Gasteiger partial charge in [-0.05, 0) is 64.8 Å². The van der Waals surface area contributed by atoms with Crippen molar-refractivity contribution in [3.63, 3.8) is 0 Å². The molecule has 1 amide bonds. The molecule has 0 fully saturated rings. The number of aryl methyl sites for hydroxylation is 1. The van der Waals surface area contributed by atoms with Crippen molar-refractivity contribution in [2.45, 2.75) is 6.92 Å². The quantitative estimate of drug-likeness (QED) is 0.804. The Morgan fingerprint density at radius 2 is 2.00 bits per heavy atom. The lowest BCUT2D eigenvalue weighted by molar-refractivity contribution is 0.102. The Bertz CT molecular complexity index is 623. The number of hydrogen-bond acceptors (Lipinski definition) is 2. The van der Waals surface area contributed by atoms with Crippen molar-refractivity contribution in [2.75, 3.05) is 11.1 Å². The summed E-state index contributed by atoms with van der Waals surface area (Å²) >= 11 is 9.27. The highest BCUT2D eigenvalue weighted by Crippen LogP contribution is 2.25. The van der Waals surface area contributed by atoms with Crippen molar-refractivity contribution >= 4 is 44.8 Å². The predicted molar refractivity (Wildman–Crippen MR) is 82.7 cm³/mol. The summed E-state index contributed by atoms with van der Waals surface area (Å²) < 4.78 is 0.784. The van der Waals surface area contributed by atoms with E-state index in [1.165, 1.54) is 0 Å². The second kappa shape index (κ2) is 5.63. The van der Waals surface area contributed by atoms with Gasteiger partial charge in [0.2, 0.25) is 0 Å². The van der Waals surface area contributed by atoms with E-state index in [-0.39, 0.29) is 5.91 Å². The van der Waals surface area contributed by atoms with Crippen LogP contribution < -0.4 is 11.1 Å². The van der Waals surface area contributed by atoms with Gasteiger partial charge in [0.15, 0.2) is 0 Å². The average Bonchev–Trinajstić information content (AvgIpc) is 2.32. The Morgan fingerprint density at radius 3 is 2.63 bits per heavy atom. The number of nitrogens with one attached hydrogen (secondary N) is 1. The fourth-order valence-corrected chi connectivity index (χ4v) is 2.15. The smallest absolute Gasteiger partial charge is 0.255 e. The van der Waals surface area contributed by atoms with Crippen molar-refractivity contribution in [3.8, 4) is 0 Å². The maximum Gasteiger partial charge on any atom is 0.255 e. The minimum absolute atomic E-state index is 0.214. The molecule has 0 bridgehead atoms. The van der Waals surface area contributed by atoms with Gasteiger partial charge in [0.25, 0.3) is 5.91 Å². The van der Waals surface area contributed by atoms with Crippen LogP contribution in [0.2, 0.25) is 5.02 Å². The number of carbonyl (C=O) groups excluding carboxylic acids is 1. The molecule has 2 aromatic rings. The first-order chi connectivity index (χ1) is 8.95. The van der Waals surface area contributed by atoms with Crippen molar-refractivity contribution in [1.29, 1.82) is 0 Å². The van der Waals surface area contributed by atoms with E-state index >= 15 is 0 Å². The fourth-order valence-electron chi connectivity index (χ4n) is 1.72. The van der Waals surface area contributed by atoms with E-state index in [9.17, 15) is 4.79 Å². The van der Waals surface area contributed by atoms with Crippen molar-refractivity contribution < 1.29 is 4.79 Å². The van der Waals surface area contributed by atoms with E-state index in [2.05, 4.69) is 21.2 Å². The largest absolute Gasteiger partial charge is 0.399 e. The zero-order chi connectivity index (χ0) is 14.0. The SMILES string of the molecule is Cc1cc(N)cc(C(=O)Nc2ccc(Br)c(Cl)c2)c1. The Hall–Kier alpha value is -1.52. The Labute approximate surface area is 124 Å². The summed E-state index contributed by atoms with van der Waals surface area (Å²) in [6, 6.07) is 10.5. The zero-order valence-electron chi connectivity index (χ0n) is 10.2. The van der Waals surface area contributed by atoms with Gasteiger partial charge in [-0.1, -0.05) is 11.6 Å². The number of hydrogen-bond donors (Lipinski definition) is 2. The van der Waals surface area contributed by atoms with Gasteiger partial charge in [-0.15, -0.1) is 0 Å². The molecule has 5 heteroatoms. The van der Waals surface area contributed by atoms with Crippen LogP contribution in [-0.4, -0.2) is 5.91 Å². The van der Waals surface area contributed by atoms with Crippen LogP contribution in [0, 0.1) is 6.92 Å². The number of anilines is 2. The molecule has 98 valence electrons. The summed E-state index contributed by atoms with van der Waals surface area (Å²) in [7, 11) is 0. The summed E-state index contributed by atoms with van der Waals surface area (Å²) in [5.74, 6) is -0.214. The van der Waals surface area contributed by atoms with Crippen molar-refractivity contribution in [3.05, 3.63) is 57.0 Å². The van der Waals surface area contributed by atoms with Gasteiger partial charge in [-0.25, -0.2) is 0 Å². The first-order valence-corrected chi connectivity index (χ1v) is 6.76. The number of carbonyl (C=O) groups is 1. The van der Waals surface area contributed by atoms with Gasteiger partial charge in [-0.3, -0.25) is 4.79 Å². The molecular weight excluding hydrogens is 328 g/mol. The van der Waals surface area contributed by atoms with E-state index in [0.717, 1.165) is 10.0 Å². The maximum atomic E-state index is 12.1. The van der Waals surface area contributed by atoms with E-state index in [4.69, 9.17) is 17.3 Å². The molecule has 0 heterocycles. The third kappa shape index (κ3) is 3.49. The predicted octanol–water partition coefficient (Wildman–Crippen LogP) is 4.25. The molecule has 2 aromatic carbocycles. The molecule has 19 heavy (non-hydrogen) atoms. The first-order valence-electron chi connectivity index (χ1n) is 5.59. The highest BCUT2D eigenvalue weighted by molar-refractivity contribution is 9.10. The molecule has 0 aromatic heterocycles. The molecule has 0 aliphatic heterocycles. The van der Waals surface area contributed by atoms with Crippen LogP contribution in [0.25, 0.3) is 0 Å². The van der Waals surface area contributed by atoms with Gasteiger partial charge in [0.05, 0.1) is 5.02 Å². The number of halogens is 2. The monoisotopic (exact) mass is 338 g/mol. The molecular formula is C14H12BrClN2O. The molecule has 0 aliphatic carbocycles. The Morgan fingerprint density at radius 1 is 1.26 bits per heavy atom. The molecule has 0 saturated heterocycles. The van der Waals surface area contributed by atoms with Gasteiger partial charge in [-0.2, -0.15) is 0 Å². The lowest BCUT2D eigenvalue weighted by Gasteiger charge is -2.08. The highest BCUT2D eigenvalue weighted by atomic mass is 79.9. The molecule has 0 atom stereocenters. The second-order valence-corrected chi connectivity index (χ2v) is 5.48. The van der Waals surface area contributed by atoms with E-state index in [1.54, 1.807) is 30.3 Å². The van der Waals surface area contributed by atoms with Crippen LogP contribution >= 0.6 is 27.5 Å². The topological polar surface area (TPSA) is 55.1 Å². The van der Waals surface area contributed by atoms with Gasteiger partial charge in [0, 0.05) is 21.4 Å². The summed E-state index contributed by atoms with van der Waals surface area (Å²) in [4.78, 5) is 12.1.